The van der Waals surface area contributed by atoms with E-state index in [9.17, 15) is 18.1 Å². The van der Waals surface area contributed by atoms with Gasteiger partial charge in [-0.1, -0.05) is 34.6 Å². The van der Waals surface area contributed by atoms with Crippen LogP contribution in [0.5, 0.6) is 0 Å². The molecule has 11 atom stereocenters. The SMILES string of the molecule is CC(C)[C@@H](CC[C@@H](C)[C@H]1CC[C@H]2[C@@H]3[C@H](O)C[C@H]4C[C@@H](NCCCNCCCCNCCCN)CCC4(C)[C@H]3CC[C@]12C)OS(=O)(=O)O. The number of fused-ring (bicyclic) bond motifs is 5. The lowest BCUT2D eigenvalue weighted by atomic mass is 9.43. The summed E-state index contributed by atoms with van der Waals surface area (Å²) < 4.78 is 37.2. The highest BCUT2D eigenvalue weighted by atomic mass is 32.3. The van der Waals surface area contributed by atoms with E-state index in [1.807, 2.05) is 13.8 Å². The second-order valence-electron chi connectivity index (χ2n) is 17.0. The first kappa shape index (κ1) is 39.5. The van der Waals surface area contributed by atoms with Gasteiger partial charge in [-0.05, 0) is 181 Å². The zero-order valence-corrected chi connectivity index (χ0v) is 31.3. The predicted octanol–water partition coefficient (Wildman–Crippen LogP) is 5.53. The summed E-state index contributed by atoms with van der Waals surface area (Å²) >= 11 is 0. The van der Waals surface area contributed by atoms with E-state index in [2.05, 4.69) is 36.7 Å². The van der Waals surface area contributed by atoms with Gasteiger partial charge in [0.05, 0.1) is 12.2 Å². The minimum Gasteiger partial charge on any atom is -0.393 e. The van der Waals surface area contributed by atoms with Crippen molar-refractivity contribution in [3.05, 3.63) is 0 Å². The zero-order chi connectivity index (χ0) is 34.2. The number of aliphatic hydroxyl groups is 1. The molecule has 0 aliphatic heterocycles. The molecule has 0 heterocycles. The van der Waals surface area contributed by atoms with Gasteiger partial charge in [0.25, 0.3) is 0 Å². The summed E-state index contributed by atoms with van der Waals surface area (Å²) in [7, 11) is -4.46. The fourth-order valence-corrected chi connectivity index (χ4v) is 11.8. The van der Waals surface area contributed by atoms with Gasteiger partial charge in [0.1, 0.15) is 0 Å². The average molecular weight is 685 g/mol. The van der Waals surface area contributed by atoms with Gasteiger partial charge in [-0.3, -0.25) is 4.55 Å². The fraction of sp³-hybridized carbons (Fsp3) is 1.00. The number of hydrogen-bond acceptors (Lipinski definition) is 8. The maximum Gasteiger partial charge on any atom is 0.397 e. The van der Waals surface area contributed by atoms with Crippen LogP contribution in [0, 0.1) is 52.3 Å². The quantitative estimate of drug-likeness (QED) is 0.0720. The first-order valence-corrected chi connectivity index (χ1v) is 20.8. The van der Waals surface area contributed by atoms with Crippen LogP contribution in [0.2, 0.25) is 0 Å². The Morgan fingerprint density at radius 2 is 1.47 bits per heavy atom. The summed E-state index contributed by atoms with van der Waals surface area (Å²) in [5.74, 6) is 3.20. The van der Waals surface area contributed by atoms with Crippen molar-refractivity contribution in [1.29, 1.82) is 0 Å². The molecule has 1 unspecified atom stereocenters. The van der Waals surface area contributed by atoms with Gasteiger partial charge in [0, 0.05) is 6.04 Å². The second-order valence-corrected chi connectivity index (χ2v) is 18.1. The molecular weight excluding hydrogens is 612 g/mol. The Hall–Kier alpha value is -0.330. The summed E-state index contributed by atoms with van der Waals surface area (Å²) in [6.07, 6.45) is 15.0. The van der Waals surface area contributed by atoms with Gasteiger partial charge in [0.15, 0.2) is 0 Å². The van der Waals surface area contributed by atoms with Crippen LogP contribution in [0.4, 0.5) is 0 Å². The Morgan fingerprint density at radius 3 is 2.13 bits per heavy atom. The summed E-state index contributed by atoms with van der Waals surface area (Å²) in [4.78, 5) is 0. The normalized spacial score (nSPS) is 36.9. The third kappa shape index (κ3) is 10.1. The Kier molecular flexibility index (Phi) is 14.9. The van der Waals surface area contributed by atoms with Crippen LogP contribution in [0.25, 0.3) is 0 Å². The molecule has 0 amide bonds. The topological polar surface area (TPSA) is 146 Å². The molecule has 0 aromatic heterocycles. The Labute approximate surface area is 288 Å². The molecule has 4 aliphatic rings. The molecule has 4 rings (SSSR count). The number of hydrogen-bond donors (Lipinski definition) is 6. The van der Waals surface area contributed by atoms with Crippen molar-refractivity contribution in [1.82, 2.24) is 16.0 Å². The zero-order valence-electron chi connectivity index (χ0n) is 30.5. The van der Waals surface area contributed by atoms with E-state index in [4.69, 9.17) is 9.92 Å². The van der Waals surface area contributed by atoms with Gasteiger partial charge in [-0.25, -0.2) is 4.18 Å². The van der Waals surface area contributed by atoms with Crippen LogP contribution in [-0.2, 0) is 14.6 Å². The number of aliphatic hydroxyl groups excluding tert-OH is 1. The summed E-state index contributed by atoms with van der Waals surface area (Å²) in [6, 6.07) is 0.571. The molecule has 276 valence electrons. The third-order valence-electron chi connectivity index (χ3n) is 13.8. The maximum absolute atomic E-state index is 11.8. The van der Waals surface area contributed by atoms with Crippen LogP contribution < -0.4 is 21.7 Å². The average Bonchev–Trinajstić information content (AvgIpc) is 3.36. The Bertz CT molecular complexity index is 1050. The van der Waals surface area contributed by atoms with Crippen LogP contribution in [0.1, 0.15) is 125 Å². The molecule has 10 heteroatoms. The standard InChI is InChI=1S/C37H72N4O5S/c1-26(2)34(46-47(43,44)45)13-10-27(3)30-11-12-31-35-32(15-17-37(30,31)5)36(4)16-14-29(24-28(36)25-33(35)42)41-23-9-22-40-20-7-6-19-39-21-8-18-38/h26-35,39-42H,6-25,38H2,1-5H3,(H,43,44,45)/t27-,28-,29+,30-,31+,32+,33-,34-,35+,36?,37-/m1/s1. The number of unbranched alkanes of at least 4 members (excludes halogenated alkanes) is 1. The van der Waals surface area contributed by atoms with Gasteiger partial charge in [-0.15, -0.1) is 0 Å². The highest BCUT2D eigenvalue weighted by Gasteiger charge is 2.62. The third-order valence-corrected chi connectivity index (χ3v) is 14.3. The van der Waals surface area contributed by atoms with Crippen LogP contribution in [0.3, 0.4) is 0 Å². The predicted molar refractivity (Wildman–Crippen MR) is 191 cm³/mol. The first-order valence-electron chi connectivity index (χ1n) is 19.5. The molecule has 0 saturated heterocycles. The molecule has 4 fully saturated rings. The molecule has 47 heavy (non-hydrogen) atoms. The molecule has 0 radical (unpaired) electrons. The molecule has 0 bridgehead atoms. The van der Waals surface area contributed by atoms with Gasteiger partial charge < -0.3 is 26.8 Å². The summed E-state index contributed by atoms with van der Waals surface area (Å²) in [5.41, 5.74) is 6.08. The van der Waals surface area contributed by atoms with Crippen LogP contribution in [-0.4, -0.2) is 75.6 Å². The largest absolute Gasteiger partial charge is 0.397 e. The highest BCUT2D eigenvalue weighted by molar-refractivity contribution is 7.80. The van der Waals surface area contributed by atoms with E-state index in [0.29, 0.717) is 53.4 Å². The van der Waals surface area contributed by atoms with Crippen LogP contribution in [0.15, 0.2) is 0 Å². The number of rotatable bonds is 20. The van der Waals surface area contributed by atoms with Gasteiger partial charge in [-0.2, -0.15) is 8.42 Å². The molecular formula is C37H72N4O5S. The molecule has 9 nitrogen and oxygen atoms in total. The van der Waals surface area contributed by atoms with Crippen molar-refractivity contribution in [2.24, 2.45) is 58.0 Å². The van der Waals surface area contributed by atoms with E-state index >= 15 is 0 Å². The summed E-state index contributed by atoms with van der Waals surface area (Å²) in [5, 5.41) is 22.8. The molecule has 0 spiro atoms. The first-order chi connectivity index (χ1) is 22.3. The van der Waals surface area contributed by atoms with E-state index in [1.165, 1.54) is 57.8 Å². The van der Waals surface area contributed by atoms with E-state index in [1.54, 1.807) is 0 Å². The Balaban J connectivity index is 1.23. The molecule has 7 N–H and O–H groups in total. The highest BCUT2D eigenvalue weighted by Crippen LogP contribution is 2.68. The van der Waals surface area contributed by atoms with Crippen molar-refractivity contribution >= 4 is 10.4 Å². The molecule has 4 saturated carbocycles. The number of nitrogens with two attached hydrogens (primary N) is 1. The lowest BCUT2D eigenvalue weighted by Crippen LogP contribution is -2.59. The van der Waals surface area contributed by atoms with E-state index in [-0.39, 0.29) is 17.4 Å². The molecule has 0 aromatic carbocycles. The monoisotopic (exact) mass is 685 g/mol. The van der Waals surface area contributed by atoms with Crippen LogP contribution >= 0.6 is 0 Å². The molecule has 0 aromatic rings. The fourth-order valence-electron chi connectivity index (χ4n) is 11.2. The minimum atomic E-state index is -4.46. The lowest BCUT2D eigenvalue weighted by Gasteiger charge is -2.62. The van der Waals surface area contributed by atoms with Crippen molar-refractivity contribution in [2.75, 3.05) is 39.3 Å². The lowest BCUT2D eigenvalue weighted by molar-refractivity contribution is -0.167. The number of nitrogens with one attached hydrogen (secondary N) is 3. The van der Waals surface area contributed by atoms with Gasteiger partial charge in [0.2, 0.25) is 0 Å². The van der Waals surface area contributed by atoms with E-state index in [0.717, 1.165) is 65.0 Å². The molecule has 4 aliphatic carbocycles. The minimum absolute atomic E-state index is 0.0137. The summed E-state index contributed by atoms with van der Waals surface area (Å²) in [6.45, 7) is 17.4. The smallest absolute Gasteiger partial charge is 0.393 e. The van der Waals surface area contributed by atoms with E-state index < -0.39 is 16.5 Å². The van der Waals surface area contributed by atoms with Crippen molar-refractivity contribution in [2.45, 2.75) is 143 Å². The van der Waals surface area contributed by atoms with Gasteiger partial charge >= 0.3 is 10.4 Å². The van der Waals surface area contributed by atoms with Crippen molar-refractivity contribution in [3.63, 3.8) is 0 Å². The van der Waals surface area contributed by atoms with Crippen molar-refractivity contribution in [3.8, 4) is 0 Å². The van der Waals surface area contributed by atoms with Crippen molar-refractivity contribution < 1.29 is 22.3 Å². The maximum atomic E-state index is 11.8. The second kappa shape index (κ2) is 17.7. The Morgan fingerprint density at radius 1 is 0.830 bits per heavy atom.